The summed E-state index contributed by atoms with van der Waals surface area (Å²) >= 11 is 0. The van der Waals surface area contributed by atoms with Crippen molar-refractivity contribution < 1.29 is 25.2 Å². The van der Waals surface area contributed by atoms with E-state index in [1.54, 1.807) is 6.92 Å². The minimum atomic E-state index is -0.560. The summed E-state index contributed by atoms with van der Waals surface area (Å²) in [5.74, 6) is 0. The van der Waals surface area contributed by atoms with Crippen LogP contribution in [0, 0.1) is 0 Å². The maximum atomic E-state index is 8.57. The summed E-state index contributed by atoms with van der Waals surface area (Å²) in [4.78, 5) is 0. The van der Waals surface area contributed by atoms with Gasteiger partial charge in [-0.3, -0.25) is 0 Å². The van der Waals surface area contributed by atoms with Crippen LogP contribution in [0.5, 0.6) is 0 Å². The molecule has 0 saturated carbocycles. The molecule has 0 aromatic rings. The van der Waals surface area contributed by atoms with E-state index >= 15 is 0 Å². The van der Waals surface area contributed by atoms with Gasteiger partial charge >= 0.3 is 0 Å². The van der Waals surface area contributed by atoms with E-state index in [4.69, 9.17) is 25.2 Å². The van der Waals surface area contributed by atoms with Crippen LogP contribution >= 0.6 is 0 Å². The first-order valence-electron chi connectivity index (χ1n) is 4.20. The summed E-state index contributed by atoms with van der Waals surface area (Å²) in [5.41, 5.74) is 0. The highest BCUT2D eigenvalue weighted by atomic mass is 16.5. The largest absolute Gasteiger partial charge is 0.394 e. The zero-order valence-corrected chi connectivity index (χ0v) is 8.18. The summed E-state index contributed by atoms with van der Waals surface area (Å²) in [6.45, 7) is 3.66. The molecule has 4 N–H and O–H groups in total. The number of ether oxygens (including phenoxy) is 1. The second-order valence-corrected chi connectivity index (χ2v) is 2.68. The molecule has 2 unspecified atom stereocenters. The Hall–Kier alpha value is -0.200. The molecule has 0 amide bonds. The van der Waals surface area contributed by atoms with Crippen LogP contribution < -0.4 is 0 Å². The van der Waals surface area contributed by atoms with Crippen molar-refractivity contribution in [3.63, 3.8) is 0 Å². The van der Waals surface area contributed by atoms with Gasteiger partial charge in [0.25, 0.3) is 0 Å². The summed E-state index contributed by atoms with van der Waals surface area (Å²) in [6, 6.07) is 0. The first-order valence-corrected chi connectivity index (χ1v) is 4.20. The zero-order valence-electron chi connectivity index (χ0n) is 8.18. The van der Waals surface area contributed by atoms with E-state index in [2.05, 4.69) is 0 Å². The molecule has 13 heavy (non-hydrogen) atoms. The van der Waals surface area contributed by atoms with Gasteiger partial charge in [-0.05, 0) is 13.8 Å². The molecule has 0 aromatic heterocycles. The Morgan fingerprint density at radius 1 is 1.08 bits per heavy atom. The van der Waals surface area contributed by atoms with E-state index in [-0.39, 0.29) is 13.2 Å². The lowest BCUT2D eigenvalue weighted by atomic mass is 10.4. The smallest absolute Gasteiger partial charge is 0.0745 e. The molecule has 0 fully saturated rings. The predicted molar refractivity (Wildman–Crippen MR) is 48.4 cm³/mol. The molecule has 0 rings (SSSR count). The molecule has 0 aliphatic carbocycles. The van der Waals surface area contributed by atoms with Gasteiger partial charge in [-0.2, -0.15) is 0 Å². The Labute approximate surface area is 78.6 Å². The zero-order chi connectivity index (χ0) is 10.7. The van der Waals surface area contributed by atoms with Crippen LogP contribution in [0.15, 0.2) is 0 Å². The van der Waals surface area contributed by atoms with E-state index in [1.165, 1.54) is 6.92 Å². The first-order chi connectivity index (χ1) is 6.04. The number of aliphatic hydroxyl groups is 4. The van der Waals surface area contributed by atoms with Gasteiger partial charge in [-0.1, -0.05) is 0 Å². The monoisotopic (exact) mass is 196 g/mol. The average Bonchev–Trinajstić information content (AvgIpc) is 2.05. The molecule has 82 valence electrons. The molecule has 5 nitrogen and oxygen atoms in total. The minimum Gasteiger partial charge on any atom is -0.394 e. The second kappa shape index (κ2) is 11.8. The third-order valence-corrected chi connectivity index (χ3v) is 0.859. The number of aliphatic hydroxyl groups excluding tert-OH is 4. The molecule has 0 heterocycles. The molecule has 0 spiro atoms. The summed E-state index contributed by atoms with van der Waals surface area (Å²) in [5, 5.41) is 32.7. The Balaban J connectivity index is 0. The Morgan fingerprint density at radius 3 is 1.77 bits per heavy atom. The number of hydrogen-bond acceptors (Lipinski definition) is 5. The maximum absolute atomic E-state index is 8.57. The predicted octanol–water partition coefficient (Wildman–Crippen LogP) is -1.26. The van der Waals surface area contributed by atoms with Crippen LogP contribution in [-0.4, -0.2) is 59.1 Å². The Morgan fingerprint density at radius 2 is 1.54 bits per heavy atom. The standard InChI is InChI=1S/C5H12O3.C3H8O2/c1-5(7)4-8-3-2-6;1-3(5)2-4/h5-7H,2-4H2,1H3;3-5H,2H2,1H3. The highest BCUT2D eigenvalue weighted by molar-refractivity contribution is 4.39. The van der Waals surface area contributed by atoms with E-state index in [0.29, 0.717) is 13.2 Å². The maximum Gasteiger partial charge on any atom is 0.0745 e. The van der Waals surface area contributed by atoms with Crippen molar-refractivity contribution in [1.29, 1.82) is 0 Å². The van der Waals surface area contributed by atoms with Crippen molar-refractivity contribution in [3.05, 3.63) is 0 Å². The molecule has 0 aliphatic rings. The molecule has 5 heteroatoms. The van der Waals surface area contributed by atoms with Crippen LogP contribution in [0.2, 0.25) is 0 Å². The second-order valence-electron chi connectivity index (χ2n) is 2.68. The molecular weight excluding hydrogens is 176 g/mol. The van der Waals surface area contributed by atoms with E-state index in [1.807, 2.05) is 0 Å². The van der Waals surface area contributed by atoms with Gasteiger partial charge in [0.1, 0.15) is 0 Å². The number of hydrogen-bond donors (Lipinski definition) is 4. The van der Waals surface area contributed by atoms with Crippen LogP contribution in [-0.2, 0) is 4.74 Å². The van der Waals surface area contributed by atoms with Gasteiger partial charge < -0.3 is 25.2 Å². The van der Waals surface area contributed by atoms with Crippen molar-refractivity contribution in [2.24, 2.45) is 0 Å². The van der Waals surface area contributed by atoms with Gasteiger partial charge in [0, 0.05) is 0 Å². The van der Waals surface area contributed by atoms with Crippen LogP contribution in [0.25, 0.3) is 0 Å². The van der Waals surface area contributed by atoms with Crippen molar-refractivity contribution >= 4 is 0 Å². The van der Waals surface area contributed by atoms with Crippen LogP contribution in [0.3, 0.4) is 0 Å². The molecule has 0 radical (unpaired) electrons. The minimum absolute atomic E-state index is 0.0206. The molecule has 2 atom stereocenters. The quantitative estimate of drug-likeness (QED) is 0.412. The average molecular weight is 196 g/mol. The lowest BCUT2D eigenvalue weighted by Gasteiger charge is -2.02. The van der Waals surface area contributed by atoms with Gasteiger partial charge in [0.05, 0.1) is 38.6 Å². The number of rotatable bonds is 5. The lowest BCUT2D eigenvalue weighted by molar-refractivity contribution is 0.0292. The summed E-state index contributed by atoms with van der Waals surface area (Å²) < 4.78 is 4.74. The van der Waals surface area contributed by atoms with Gasteiger partial charge in [0.2, 0.25) is 0 Å². The van der Waals surface area contributed by atoms with Crippen molar-refractivity contribution in [2.45, 2.75) is 26.1 Å². The van der Waals surface area contributed by atoms with Gasteiger partial charge in [-0.15, -0.1) is 0 Å². The van der Waals surface area contributed by atoms with E-state index in [9.17, 15) is 0 Å². The third kappa shape index (κ3) is 24.5. The highest BCUT2D eigenvalue weighted by Crippen LogP contribution is 1.80. The third-order valence-electron chi connectivity index (χ3n) is 0.859. The molecule has 0 aliphatic heterocycles. The Bertz CT molecular complexity index is 84.6. The molecule has 0 aromatic carbocycles. The van der Waals surface area contributed by atoms with E-state index in [0.717, 1.165) is 0 Å². The molecule has 0 bridgehead atoms. The van der Waals surface area contributed by atoms with Gasteiger partial charge in [0.15, 0.2) is 0 Å². The first kappa shape index (κ1) is 15.3. The lowest BCUT2D eigenvalue weighted by Crippen LogP contribution is -2.12. The van der Waals surface area contributed by atoms with Crippen molar-refractivity contribution in [2.75, 3.05) is 26.4 Å². The van der Waals surface area contributed by atoms with Crippen LogP contribution in [0.1, 0.15) is 13.8 Å². The van der Waals surface area contributed by atoms with Crippen molar-refractivity contribution in [3.8, 4) is 0 Å². The molecule has 0 saturated heterocycles. The Kier molecular flexibility index (Phi) is 13.9. The van der Waals surface area contributed by atoms with Crippen LogP contribution in [0.4, 0.5) is 0 Å². The van der Waals surface area contributed by atoms with Crippen molar-refractivity contribution in [1.82, 2.24) is 0 Å². The highest BCUT2D eigenvalue weighted by Gasteiger charge is 1.91. The topological polar surface area (TPSA) is 90.2 Å². The van der Waals surface area contributed by atoms with E-state index < -0.39 is 12.2 Å². The van der Waals surface area contributed by atoms with Gasteiger partial charge in [-0.25, -0.2) is 0 Å². The SMILES string of the molecule is CC(O)CO.CC(O)COCCO. The fourth-order valence-corrected chi connectivity index (χ4v) is 0.318. The summed E-state index contributed by atoms with van der Waals surface area (Å²) in [7, 11) is 0. The fourth-order valence-electron chi connectivity index (χ4n) is 0.318. The molecular formula is C8H20O5. The fraction of sp³-hybridized carbons (Fsp3) is 1.00. The summed E-state index contributed by atoms with van der Waals surface area (Å²) in [6.07, 6.45) is -0.989. The normalized spacial score (nSPS) is 14.3.